The Morgan fingerprint density at radius 3 is 2.38 bits per heavy atom. The lowest BCUT2D eigenvalue weighted by molar-refractivity contribution is -0.132. The molecule has 0 spiro atoms. The Labute approximate surface area is 103 Å². The zero-order valence-corrected chi connectivity index (χ0v) is 11.3. The third-order valence-electron chi connectivity index (χ3n) is 2.89. The third-order valence-corrected chi connectivity index (χ3v) is 3.83. The van der Waals surface area contributed by atoms with Crippen molar-refractivity contribution in [2.45, 2.75) is 45.6 Å². The summed E-state index contributed by atoms with van der Waals surface area (Å²) in [5.41, 5.74) is 0. The van der Waals surface area contributed by atoms with Crippen molar-refractivity contribution in [3.8, 4) is 0 Å². The number of carbonyl (C=O) groups is 1. The van der Waals surface area contributed by atoms with Crippen molar-refractivity contribution >= 4 is 17.7 Å². The first kappa shape index (κ1) is 13.8. The molecule has 16 heavy (non-hydrogen) atoms. The third kappa shape index (κ3) is 4.34. The first-order valence-electron chi connectivity index (χ1n) is 6.39. The lowest BCUT2D eigenvalue weighted by Gasteiger charge is -2.25. The molecule has 3 nitrogen and oxygen atoms in total. The van der Waals surface area contributed by atoms with Crippen LogP contribution in [0.4, 0.5) is 0 Å². The number of nitrogens with one attached hydrogen (secondary N) is 1. The Morgan fingerprint density at radius 1 is 1.31 bits per heavy atom. The number of nitrogens with zero attached hydrogens (tertiary/aromatic N) is 1. The minimum atomic E-state index is 0.0683. The number of amides is 1. The molecule has 1 N–H and O–H groups in total. The van der Waals surface area contributed by atoms with Crippen molar-refractivity contribution in [3.63, 3.8) is 0 Å². The van der Waals surface area contributed by atoms with Crippen molar-refractivity contribution in [2.75, 3.05) is 24.7 Å². The van der Waals surface area contributed by atoms with Crippen molar-refractivity contribution in [1.29, 1.82) is 0 Å². The van der Waals surface area contributed by atoms with Gasteiger partial charge in [-0.1, -0.05) is 26.7 Å². The van der Waals surface area contributed by atoms with Gasteiger partial charge in [0.2, 0.25) is 5.91 Å². The first-order valence-corrected chi connectivity index (χ1v) is 7.55. The Balaban J connectivity index is 2.41. The van der Waals surface area contributed by atoms with Crippen LogP contribution in [0, 0.1) is 0 Å². The minimum Gasteiger partial charge on any atom is -0.341 e. The molecule has 0 aromatic carbocycles. The standard InChI is InChI=1S/C12H24N2OS/c1-3-5-7-14(8-6-4-2)12(15)11-9-16-10-13-11/h11,13H,3-10H2,1-2H3. The maximum absolute atomic E-state index is 12.2. The molecule has 0 saturated carbocycles. The summed E-state index contributed by atoms with van der Waals surface area (Å²) < 4.78 is 0. The number of unbranched alkanes of at least 4 members (excludes halogenated alkanes) is 2. The number of hydrogen-bond acceptors (Lipinski definition) is 3. The van der Waals surface area contributed by atoms with E-state index in [0.717, 1.165) is 50.4 Å². The van der Waals surface area contributed by atoms with Gasteiger partial charge in [0, 0.05) is 24.7 Å². The highest BCUT2D eigenvalue weighted by molar-refractivity contribution is 7.99. The molecule has 0 radical (unpaired) electrons. The van der Waals surface area contributed by atoms with Gasteiger partial charge in [-0.05, 0) is 12.8 Å². The molecule has 0 aromatic heterocycles. The van der Waals surface area contributed by atoms with E-state index in [1.54, 1.807) is 0 Å². The highest BCUT2D eigenvalue weighted by Crippen LogP contribution is 2.13. The van der Waals surface area contributed by atoms with Crippen LogP contribution < -0.4 is 5.32 Å². The molecule has 0 aliphatic carbocycles. The van der Waals surface area contributed by atoms with E-state index < -0.39 is 0 Å². The molecule has 1 unspecified atom stereocenters. The smallest absolute Gasteiger partial charge is 0.240 e. The topological polar surface area (TPSA) is 32.3 Å². The van der Waals surface area contributed by atoms with E-state index in [-0.39, 0.29) is 6.04 Å². The summed E-state index contributed by atoms with van der Waals surface area (Å²) in [5.74, 6) is 2.17. The molecular weight excluding hydrogens is 220 g/mol. The highest BCUT2D eigenvalue weighted by Gasteiger charge is 2.26. The summed E-state index contributed by atoms with van der Waals surface area (Å²) in [7, 11) is 0. The maximum Gasteiger partial charge on any atom is 0.240 e. The van der Waals surface area contributed by atoms with E-state index in [9.17, 15) is 4.79 Å². The second kappa shape index (κ2) is 7.96. The minimum absolute atomic E-state index is 0.0683. The number of carbonyl (C=O) groups excluding carboxylic acids is 1. The molecule has 1 rings (SSSR count). The van der Waals surface area contributed by atoms with Crippen LogP contribution in [-0.4, -0.2) is 41.6 Å². The van der Waals surface area contributed by atoms with Crippen molar-refractivity contribution in [3.05, 3.63) is 0 Å². The molecule has 1 atom stereocenters. The molecule has 0 aromatic rings. The fourth-order valence-corrected chi connectivity index (χ4v) is 2.74. The van der Waals surface area contributed by atoms with Gasteiger partial charge in [0.1, 0.15) is 0 Å². The largest absolute Gasteiger partial charge is 0.341 e. The van der Waals surface area contributed by atoms with Crippen LogP contribution in [-0.2, 0) is 4.79 Å². The number of thioether (sulfide) groups is 1. The second-order valence-corrected chi connectivity index (χ2v) is 5.33. The molecule has 1 amide bonds. The zero-order valence-electron chi connectivity index (χ0n) is 10.5. The first-order chi connectivity index (χ1) is 7.79. The molecule has 0 bridgehead atoms. The van der Waals surface area contributed by atoms with Gasteiger partial charge < -0.3 is 4.90 Å². The Bertz CT molecular complexity index is 197. The van der Waals surface area contributed by atoms with Crippen molar-refractivity contribution in [2.24, 2.45) is 0 Å². The fraction of sp³-hybridized carbons (Fsp3) is 0.917. The van der Waals surface area contributed by atoms with Crippen LogP contribution in [0.25, 0.3) is 0 Å². The summed E-state index contributed by atoms with van der Waals surface area (Å²) in [5, 5.41) is 3.26. The number of hydrogen-bond donors (Lipinski definition) is 1. The normalized spacial score (nSPS) is 20.0. The SMILES string of the molecule is CCCCN(CCCC)C(=O)C1CSCN1. The molecular formula is C12H24N2OS. The lowest BCUT2D eigenvalue weighted by atomic mass is 10.2. The van der Waals surface area contributed by atoms with Crippen molar-refractivity contribution < 1.29 is 4.79 Å². The summed E-state index contributed by atoms with van der Waals surface area (Å²) in [4.78, 5) is 14.3. The van der Waals surface area contributed by atoms with Gasteiger partial charge in [-0.15, -0.1) is 11.8 Å². The van der Waals surface area contributed by atoms with E-state index >= 15 is 0 Å². The van der Waals surface area contributed by atoms with Crippen LogP contribution in [0.15, 0.2) is 0 Å². The summed E-state index contributed by atoms with van der Waals surface area (Å²) in [6.07, 6.45) is 4.55. The molecule has 1 saturated heterocycles. The molecule has 1 aliphatic heterocycles. The zero-order chi connectivity index (χ0) is 11.8. The molecule has 1 aliphatic rings. The molecule has 4 heteroatoms. The lowest BCUT2D eigenvalue weighted by Crippen LogP contribution is -2.45. The molecule has 94 valence electrons. The average molecular weight is 244 g/mol. The van der Waals surface area contributed by atoms with Gasteiger partial charge >= 0.3 is 0 Å². The number of rotatable bonds is 7. The monoisotopic (exact) mass is 244 g/mol. The summed E-state index contributed by atoms with van der Waals surface area (Å²) in [6.45, 7) is 6.20. The highest BCUT2D eigenvalue weighted by atomic mass is 32.2. The van der Waals surface area contributed by atoms with Gasteiger partial charge in [0.25, 0.3) is 0 Å². The van der Waals surface area contributed by atoms with Gasteiger partial charge in [0.05, 0.1) is 6.04 Å². The maximum atomic E-state index is 12.2. The summed E-state index contributed by atoms with van der Waals surface area (Å²) >= 11 is 1.82. The second-order valence-electron chi connectivity index (χ2n) is 4.30. The predicted octanol–water partition coefficient (Wildman–Crippen LogP) is 2.08. The van der Waals surface area contributed by atoms with Crippen molar-refractivity contribution in [1.82, 2.24) is 10.2 Å². The van der Waals surface area contributed by atoms with E-state index in [0.29, 0.717) is 5.91 Å². The van der Waals surface area contributed by atoms with Crippen LogP contribution in [0.5, 0.6) is 0 Å². The van der Waals surface area contributed by atoms with Gasteiger partial charge in [-0.25, -0.2) is 0 Å². The Hall–Kier alpha value is -0.220. The quantitative estimate of drug-likeness (QED) is 0.744. The van der Waals surface area contributed by atoms with E-state index in [2.05, 4.69) is 24.1 Å². The average Bonchev–Trinajstić information content (AvgIpc) is 2.82. The van der Waals surface area contributed by atoms with Crippen LogP contribution >= 0.6 is 11.8 Å². The Kier molecular flexibility index (Phi) is 6.88. The summed E-state index contributed by atoms with van der Waals surface area (Å²) in [6, 6.07) is 0.0683. The van der Waals surface area contributed by atoms with E-state index in [1.807, 2.05) is 11.8 Å². The predicted molar refractivity (Wildman–Crippen MR) is 70.6 cm³/mol. The van der Waals surface area contributed by atoms with Crippen LogP contribution in [0.1, 0.15) is 39.5 Å². The van der Waals surface area contributed by atoms with E-state index in [1.165, 1.54) is 0 Å². The molecule has 1 heterocycles. The Morgan fingerprint density at radius 2 is 1.94 bits per heavy atom. The molecule has 1 fully saturated rings. The van der Waals surface area contributed by atoms with E-state index in [4.69, 9.17) is 0 Å². The van der Waals surface area contributed by atoms with Gasteiger partial charge in [-0.2, -0.15) is 0 Å². The van der Waals surface area contributed by atoms with Gasteiger partial charge in [0.15, 0.2) is 0 Å². The van der Waals surface area contributed by atoms with Gasteiger partial charge in [-0.3, -0.25) is 10.1 Å². The fourth-order valence-electron chi connectivity index (χ4n) is 1.80. The van der Waals surface area contributed by atoms with Crippen LogP contribution in [0.2, 0.25) is 0 Å². The van der Waals surface area contributed by atoms with Crippen LogP contribution in [0.3, 0.4) is 0 Å².